The van der Waals surface area contributed by atoms with E-state index in [0.717, 1.165) is 67.6 Å². The van der Waals surface area contributed by atoms with E-state index in [9.17, 15) is 0 Å². The van der Waals surface area contributed by atoms with Gasteiger partial charge in [0.05, 0.1) is 5.69 Å². The second kappa shape index (κ2) is 9.86. The third-order valence-corrected chi connectivity index (χ3v) is 4.31. The molecule has 0 spiro atoms. The SMILES string of the molecule is CCc1noc(CC)c1CNC(=NC)NCCCCn1ccnc1C. The van der Waals surface area contributed by atoms with Crippen molar-refractivity contribution < 1.29 is 4.52 Å². The van der Waals surface area contributed by atoms with E-state index in [1.54, 1.807) is 7.05 Å². The molecule has 0 radical (unpaired) electrons. The van der Waals surface area contributed by atoms with E-state index < -0.39 is 0 Å². The zero-order valence-electron chi connectivity index (χ0n) is 15.8. The van der Waals surface area contributed by atoms with E-state index in [-0.39, 0.29) is 0 Å². The number of aryl methyl sites for hydroxylation is 4. The first kappa shape index (κ1) is 19.0. The van der Waals surface area contributed by atoms with Gasteiger partial charge in [-0.2, -0.15) is 0 Å². The molecule has 0 aromatic carbocycles. The maximum absolute atomic E-state index is 5.40. The van der Waals surface area contributed by atoms with Crippen LogP contribution in [0.15, 0.2) is 21.9 Å². The van der Waals surface area contributed by atoms with Gasteiger partial charge in [0, 0.05) is 51.1 Å². The first-order valence-electron chi connectivity index (χ1n) is 9.08. The zero-order valence-corrected chi connectivity index (χ0v) is 15.8. The predicted molar refractivity (Wildman–Crippen MR) is 99.7 cm³/mol. The maximum Gasteiger partial charge on any atom is 0.191 e. The Bertz CT molecular complexity index is 651. The fraction of sp³-hybridized carbons (Fsp3) is 0.611. The summed E-state index contributed by atoms with van der Waals surface area (Å²) in [4.78, 5) is 8.53. The lowest BCUT2D eigenvalue weighted by atomic mass is 10.1. The Balaban J connectivity index is 1.72. The number of nitrogens with one attached hydrogen (secondary N) is 2. The lowest BCUT2D eigenvalue weighted by Crippen LogP contribution is -2.37. The third kappa shape index (κ3) is 5.34. The molecule has 0 aliphatic rings. The normalized spacial score (nSPS) is 11.8. The van der Waals surface area contributed by atoms with Crippen molar-refractivity contribution in [3.8, 4) is 0 Å². The summed E-state index contributed by atoms with van der Waals surface area (Å²) in [5.41, 5.74) is 2.18. The molecule has 2 heterocycles. The van der Waals surface area contributed by atoms with Gasteiger partial charge in [0.2, 0.25) is 0 Å². The first-order valence-corrected chi connectivity index (χ1v) is 9.08. The molecule has 0 atom stereocenters. The summed E-state index contributed by atoms with van der Waals surface area (Å²) in [5, 5.41) is 10.9. The van der Waals surface area contributed by atoms with Gasteiger partial charge in [0.25, 0.3) is 0 Å². The van der Waals surface area contributed by atoms with Gasteiger partial charge >= 0.3 is 0 Å². The molecule has 0 amide bonds. The monoisotopic (exact) mass is 346 g/mol. The Morgan fingerprint density at radius 3 is 2.72 bits per heavy atom. The van der Waals surface area contributed by atoms with Crippen molar-refractivity contribution in [1.82, 2.24) is 25.3 Å². The largest absolute Gasteiger partial charge is 0.361 e. The van der Waals surface area contributed by atoms with Gasteiger partial charge < -0.3 is 19.7 Å². The summed E-state index contributed by atoms with van der Waals surface area (Å²) in [6.07, 6.45) is 7.78. The molecule has 2 aromatic rings. The standard InChI is InChI=1S/C18H30N6O/c1-5-16-15(17(6-2)25-23-16)13-22-18(19-4)21-9-7-8-11-24-12-10-20-14(24)3/h10,12H,5-9,11,13H2,1-4H3,(H2,19,21,22). The molecular formula is C18H30N6O. The highest BCUT2D eigenvalue weighted by Gasteiger charge is 2.13. The van der Waals surface area contributed by atoms with Crippen LogP contribution in [0.2, 0.25) is 0 Å². The van der Waals surface area contributed by atoms with Crippen molar-refractivity contribution in [1.29, 1.82) is 0 Å². The number of unbranched alkanes of at least 4 members (excludes halogenated alkanes) is 1. The lowest BCUT2D eigenvalue weighted by Gasteiger charge is -2.12. The number of hydrogen-bond acceptors (Lipinski definition) is 4. The molecule has 2 aromatic heterocycles. The van der Waals surface area contributed by atoms with Crippen molar-refractivity contribution >= 4 is 5.96 Å². The molecular weight excluding hydrogens is 316 g/mol. The van der Waals surface area contributed by atoms with Gasteiger partial charge in [-0.1, -0.05) is 19.0 Å². The van der Waals surface area contributed by atoms with Crippen molar-refractivity contribution in [2.24, 2.45) is 4.99 Å². The van der Waals surface area contributed by atoms with Gasteiger partial charge in [0.1, 0.15) is 11.6 Å². The van der Waals surface area contributed by atoms with Crippen LogP contribution in [0.5, 0.6) is 0 Å². The number of guanidine groups is 1. The Morgan fingerprint density at radius 2 is 2.08 bits per heavy atom. The number of nitrogens with zero attached hydrogens (tertiary/aromatic N) is 4. The van der Waals surface area contributed by atoms with Gasteiger partial charge in [0.15, 0.2) is 5.96 Å². The van der Waals surface area contributed by atoms with Crippen LogP contribution in [0, 0.1) is 6.92 Å². The number of imidazole rings is 1. The molecule has 0 bridgehead atoms. The van der Waals surface area contributed by atoms with Gasteiger partial charge in [-0.05, 0) is 26.2 Å². The minimum atomic E-state index is 0.684. The minimum absolute atomic E-state index is 0.684. The number of rotatable bonds is 9. The smallest absolute Gasteiger partial charge is 0.191 e. The zero-order chi connectivity index (χ0) is 18.1. The van der Waals surface area contributed by atoms with Crippen molar-refractivity contribution in [3.63, 3.8) is 0 Å². The molecule has 138 valence electrons. The van der Waals surface area contributed by atoms with Crippen molar-refractivity contribution in [2.75, 3.05) is 13.6 Å². The summed E-state index contributed by atoms with van der Waals surface area (Å²) in [6, 6.07) is 0. The second-order valence-corrected chi connectivity index (χ2v) is 5.97. The highest BCUT2D eigenvalue weighted by Crippen LogP contribution is 2.15. The van der Waals surface area contributed by atoms with Crippen LogP contribution < -0.4 is 10.6 Å². The molecule has 0 aliphatic carbocycles. The molecule has 0 aliphatic heterocycles. The summed E-state index contributed by atoms with van der Waals surface area (Å²) >= 11 is 0. The summed E-state index contributed by atoms with van der Waals surface area (Å²) in [5.74, 6) is 2.83. The summed E-state index contributed by atoms with van der Waals surface area (Å²) in [6.45, 7) is 8.78. The quantitative estimate of drug-likeness (QED) is 0.414. The Morgan fingerprint density at radius 1 is 1.24 bits per heavy atom. The number of aromatic nitrogens is 3. The topological polar surface area (TPSA) is 80.3 Å². The summed E-state index contributed by atoms with van der Waals surface area (Å²) < 4.78 is 7.58. The van der Waals surface area contributed by atoms with Gasteiger partial charge in [-0.3, -0.25) is 4.99 Å². The van der Waals surface area contributed by atoms with Crippen molar-refractivity contribution in [3.05, 3.63) is 35.2 Å². The Hall–Kier alpha value is -2.31. The van der Waals surface area contributed by atoms with Crippen LogP contribution in [0.25, 0.3) is 0 Å². The van der Waals surface area contributed by atoms with Crippen LogP contribution in [0.3, 0.4) is 0 Å². The molecule has 2 N–H and O–H groups in total. The Labute approximate surface area is 149 Å². The number of aliphatic imine (C=N–C) groups is 1. The molecule has 7 heteroatoms. The van der Waals surface area contributed by atoms with Crippen LogP contribution in [-0.2, 0) is 25.9 Å². The molecule has 25 heavy (non-hydrogen) atoms. The van der Waals surface area contributed by atoms with Crippen LogP contribution in [-0.4, -0.2) is 34.3 Å². The summed E-state index contributed by atoms with van der Waals surface area (Å²) in [7, 11) is 1.79. The highest BCUT2D eigenvalue weighted by molar-refractivity contribution is 5.79. The fourth-order valence-corrected chi connectivity index (χ4v) is 2.78. The average molecular weight is 346 g/mol. The fourth-order valence-electron chi connectivity index (χ4n) is 2.78. The predicted octanol–water partition coefficient (Wildman–Crippen LogP) is 2.45. The van der Waals surface area contributed by atoms with Gasteiger partial charge in [-0.25, -0.2) is 4.98 Å². The first-order chi connectivity index (χ1) is 12.2. The average Bonchev–Trinajstić information content (AvgIpc) is 3.22. The van der Waals surface area contributed by atoms with E-state index in [0.29, 0.717) is 6.54 Å². The Kier molecular flexibility index (Phi) is 7.50. The van der Waals surface area contributed by atoms with E-state index in [1.165, 1.54) is 0 Å². The molecule has 0 saturated heterocycles. The van der Waals surface area contributed by atoms with Gasteiger partial charge in [-0.15, -0.1) is 0 Å². The van der Waals surface area contributed by atoms with Crippen molar-refractivity contribution in [2.45, 2.75) is 59.5 Å². The van der Waals surface area contributed by atoms with Crippen LogP contribution >= 0.6 is 0 Å². The lowest BCUT2D eigenvalue weighted by molar-refractivity contribution is 0.380. The molecule has 7 nitrogen and oxygen atoms in total. The molecule has 2 rings (SSSR count). The molecule has 0 unspecified atom stereocenters. The third-order valence-electron chi connectivity index (χ3n) is 4.31. The second-order valence-electron chi connectivity index (χ2n) is 5.97. The number of hydrogen-bond donors (Lipinski definition) is 2. The highest BCUT2D eigenvalue weighted by atomic mass is 16.5. The minimum Gasteiger partial charge on any atom is -0.361 e. The van der Waals surface area contributed by atoms with E-state index in [4.69, 9.17) is 4.52 Å². The van der Waals surface area contributed by atoms with E-state index >= 15 is 0 Å². The van der Waals surface area contributed by atoms with Crippen LogP contribution in [0.4, 0.5) is 0 Å². The van der Waals surface area contributed by atoms with Crippen LogP contribution in [0.1, 0.15) is 49.5 Å². The molecule has 0 fully saturated rings. The molecule has 0 saturated carbocycles. The maximum atomic E-state index is 5.40. The van der Waals surface area contributed by atoms with E-state index in [1.807, 2.05) is 19.3 Å². The van der Waals surface area contributed by atoms with E-state index in [2.05, 4.69) is 44.2 Å².